The summed E-state index contributed by atoms with van der Waals surface area (Å²) in [4.78, 5) is 38.1. The van der Waals surface area contributed by atoms with Crippen LogP contribution in [0.5, 0.6) is 0 Å². The lowest BCUT2D eigenvalue weighted by molar-refractivity contribution is -0.128. The van der Waals surface area contributed by atoms with Gasteiger partial charge in [-0.25, -0.2) is 0 Å². The number of benzene rings is 1. The van der Waals surface area contributed by atoms with Gasteiger partial charge in [0, 0.05) is 50.0 Å². The molecule has 7 rings (SSSR count). The molecule has 2 aliphatic rings. The van der Waals surface area contributed by atoms with Crippen LogP contribution in [-0.2, 0) is 26.5 Å². The van der Waals surface area contributed by atoms with Crippen molar-refractivity contribution in [2.75, 3.05) is 0 Å². The van der Waals surface area contributed by atoms with Gasteiger partial charge in [0.05, 0.1) is 21.5 Å². The SMILES string of the molecule is CCCCCCC1(CCCCCC)N=c2c(-c3ccc(C(C)(C)C)s3)ccc(C(C)(C)C(=O)C(C)(C)c3ccc(-c4cc5c(s4)-c4sc(C(C)C)cc4C5(CCCCCC)CCCCCC)s3)c2=N1. The Balaban J connectivity index is 1.26. The zero-order valence-corrected chi connectivity index (χ0v) is 48.5. The summed E-state index contributed by atoms with van der Waals surface area (Å²) in [7, 11) is 0. The van der Waals surface area contributed by atoms with Crippen LogP contribution in [0, 0.1) is 0 Å². The molecule has 7 heteroatoms. The monoisotopic (exact) mass is 1000 g/mol. The molecule has 0 atom stereocenters. The summed E-state index contributed by atoms with van der Waals surface area (Å²) in [6.07, 6.45) is 24.3. The molecular formula is C62H88N2OS4. The zero-order valence-electron chi connectivity index (χ0n) is 45.3. The first-order chi connectivity index (χ1) is 32.9. The van der Waals surface area contributed by atoms with Crippen LogP contribution in [0.15, 0.2) is 58.5 Å². The highest BCUT2D eigenvalue weighted by Crippen LogP contribution is 2.61. The number of hydrogen-bond acceptors (Lipinski definition) is 7. The average Bonchev–Trinajstić information content (AvgIpc) is 4.17. The van der Waals surface area contributed by atoms with Gasteiger partial charge < -0.3 is 0 Å². The Labute approximate surface area is 435 Å². The van der Waals surface area contributed by atoms with Gasteiger partial charge in [0.1, 0.15) is 0 Å². The highest BCUT2D eigenvalue weighted by Gasteiger charge is 2.47. The van der Waals surface area contributed by atoms with Crippen molar-refractivity contribution < 1.29 is 4.79 Å². The molecule has 1 aromatic carbocycles. The third-order valence-electron chi connectivity index (χ3n) is 15.7. The van der Waals surface area contributed by atoms with Crippen molar-refractivity contribution in [3.05, 3.63) is 90.6 Å². The van der Waals surface area contributed by atoms with Gasteiger partial charge in [-0.15, -0.1) is 45.3 Å². The van der Waals surface area contributed by atoms with E-state index in [1.54, 1.807) is 16.0 Å². The Morgan fingerprint density at radius 3 is 1.58 bits per heavy atom. The van der Waals surface area contributed by atoms with E-state index in [9.17, 15) is 0 Å². The van der Waals surface area contributed by atoms with Crippen LogP contribution in [0.3, 0.4) is 0 Å². The third-order valence-corrected chi connectivity index (χ3v) is 21.6. The summed E-state index contributed by atoms with van der Waals surface area (Å²) < 4.78 is 0. The number of carbonyl (C=O) groups excluding carboxylic acids is 1. The van der Waals surface area contributed by atoms with E-state index in [1.165, 1.54) is 132 Å². The topological polar surface area (TPSA) is 41.8 Å². The van der Waals surface area contributed by atoms with Crippen molar-refractivity contribution >= 4 is 51.1 Å². The molecule has 5 heterocycles. The zero-order chi connectivity index (χ0) is 49.8. The normalized spacial score (nSPS) is 15.1. The Kier molecular flexibility index (Phi) is 17.7. The molecule has 0 spiro atoms. The van der Waals surface area contributed by atoms with Crippen LogP contribution < -0.4 is 10.7 Å². The second-order valence-corrected chi connectivity index (χ2v) is 27.7. The molecule has 0 N–H and O–H groups in total. The maximum atomic E-state index is 15.6. The number of unbranched alkanes of at least 4 members (excludes halogenated alkanes) is 12. The fraction of sp³-hybridized carbons (Fsp3) is 0.629. The molecule has 0 saturated carbocycles. The molecule has 1 aliphatic heterocycles. The minimum atomic E-state index is -0.801. The van der Waals surface area contributed by atoms with E-state index in [0.29, 0.717) is 5.92 Å². The lowest BCUT2D eigenvalue weighted by Gasteiger charge is -2.33. The van der Waals surface area contributed by atoms with Crippen LogP contribution in [-0.4, -0.2) is 11.4 Å². The summed E-state index contributed by atoms with van der Waals surface area (Å²) in [5.74, 6) is 0.767. The number of nitrogens with zero attached hydrogens (tertiary/aromatic N) is 2. The van der Waals surface area contributed by atoms with Gasteiger partial charge >= 0.3 is 0 Å². The van der Waals surface area contributed by atoms with Crippen LogP contribution in [0.25, 0.3) is 29.9 Å². The van der Waals surface area contributed by atoms with E-state index in [0.717, 1.165) is 52.4 Å². The average molecular weight is 1010 g/mol. The molecule has 0 amide bonds. The van der Waals surface area contributed by atoms with Gasteiger partial charge in [-0.3, -0.25) is 14.8 Å². The maximum absolute atomic E-state index is 15.6. The van der Waals surface area contributed by atoms with Crippen molar-refractivity contribution in [1.82, 2.24) is 0 Å². The molecular weight excluding hydrogens is 917 g/mol. The number of rotatable bonds is 27. The molecule has 0 unspecified atom stereocenters. The van der Waals surface area contributed by atoms with E-state index in [4.69, 9.17) is 9.98 Å². The van der Waals surface area contributed by atoms with Crippen LogP contribution in [0.4, 0.5) is 0 Å². The van der Waals surface area contributed by atoms with E-state index in [-0.39, 0.29) is 16.6 Å². The first-order valence-corrected chi connectivity index (χ1v) is 30.8. The first kappa shape index (κ1) is 54.1. The molecule has 0 radical (unpaired) electrons. The Hall–Kier alpha value is -2.71. The lowest BCUT2D eigenvalue weighted by atomic mass is 9.69. The van der Waals surface area contributed by atoms with Gasteiger partial charge in [-0.1, -0.05) is 164 Å². The number of ketones is 1. The summed E-state index contributed by atoms with van der Waals surface area (Å²) in [5, 5.41) is 1.96. The number of fused-ring (bicyclic) bond motifs is 4. The van der Waals surface area contributed by atoms with Gasteiger partial charge in [-0.2, -0.15) is 0 Å². The molecule has 4 aromatic heterocycles. The minimum Gasteiger partial charge on any atom is -0.298 e. The van der Waals surface area contributed by atoms with Crippen LogP contribution in [0.1, 0.15) is 256 Å². The van der Waals surface area contributed by atoms with Crippen LogP contribution in [0.2, 0.25) is 0 Å². The van der Waals surface area contributed by atoms with E-state index >= 15 is 4.79 Å². The van der Waals surface area contributed by atoms with Gasteiger partial charge in [-0.05, 0) is 131 Å². The lowest BCUT2D eigenvalue weighted by Crippen LogP contribution is -2.46. The number of carbonyl (C=O) groups is 1. The fourth-order valence-electron chi connectivity index (χ4n) is 11.4. The number of hydrogen-bond donors (Lipinski definition) is 0. The molecule has 3 nitrogen and oxygen atoms in total. The van der Waals surface area contributed by atoms with Crippen molar-refractivity contribution in [1.29, 1.82) is 0 Å². The van der Waals surface area contributed by atoms with Crippen molar-refractivity contribution in [3.63, 3.8) is 0 Å². The highest BCUT2D eigenvalue weighted by atomic mass is 32.1. The van der Waals surface area contributed by atoms with Gasteiger partial charge in [0.2, 0.25) is 0 Å². The van der Waals surface area contributed by atoms with Gasteiger partial charge in [0.15, 0.2) is 11.4 Å². The smallest absolute Gasteiger partial charge is 0.153 e. The molecule has 0 saturated heterocycles. The fourth-order valence-corrected chi connectivity index (χ4v) is 16.4. The van der Waals surface area contributed by atoms with E-state index < -0.39 is 16.5 Å². The van der Waals surface area contributed by atoms with E-state index in [1.807, 2.05) is 34.0 Å². The third kappa shape index (κ3) is 11.3. The molecule has 5 aromatic rings. The number of thiophene rings is 4. The summed E-state index contributed by atoms with van der Waals surface area (Å²) in [5.41, 5.74) is 3.57. The second-order valence-electron chi connectivity index (χ2n) is 23.4. The first-order valence-electron chi connectivity index (χ1n) is 27.6. The Morgan fingerprint density at radius 2 is 1.03 bits per heavy atom. The molecule has 1 aliphatic carbocycles. The largest absolute Gasteiger partial charge is 0.298 e. The Morgan fingerprint density at radius 1 is 0.522 bits per heavy atom. The minimum absolute atomic E-state index is 0.0680. The predicted molar refractivity (Wildman–Crippen MR) is 305 cm³/mol. The predicted octanol–water partition coefficient (Wildman–Crippen LogP) is 19.6. The van der Waals surface area contributed by atoms with E-state index in [2.05, 4.69) is 150 Å². The van der Waals surface area contributed by atoms with Crippen molar-refractivity contribution in [3.8, 4) is 29.9 Å². The molecule has 376 valence electrons. The van der Waals surface area contributed by atoms with Crippen LogP contribution >= 0.6 is 45.3 Å². The van der Waals surface area contributed by atoms with Gasteiger partial charge in [0.25, 0.3) is 0 Å². The number of Topliss-reactive ketones (excluding diaryl/α,β-unsaturated/α-hetero) is 1. The van der Waals surface area contributed by atoms with Crippen molar-refractivity contribution in [2.45, 2.75) is 252 Å². The maximum Gasteiger partial charge on any atom is 0.153 e. The summed E-state index contributed by atoms with van der Waals surface area (Å²) >= 11 is 7.79. The Bertz CT molecular complexity index is 2610. The summed E-state index contributed by atoms with van der Waals surface area (Å²) in [6.45, 7) is 29.5. The second kappa shape index (κ2) is 22.6. The van der Waals surface area contributed by atoms with Crippen molar-refractivity contribution in [2.24, 2.45) is 9.98 Å². The molecule has 69 heavy (non-hydrogen) atoms. The quantitative estimate of drug-likeness (QED) is 0.0483. The highest BCUT2D eigenvalue weighted by molar-refractivity contribution is 7.27. The standard InChI is InChI=1S/C62H88N2OS4/c1-14-18-22-26-36-61(37-27-23-19-15-2)45-40-49(42(5)6)68-55(45)56-46(61)41-50(69-56)48-33-35-52(67-48)60(12,13)57(65)59(10,11)44-31-30-43(47-32-34-51(66-47)58(7,8)9)53-54(44)64-62(63-53,38-28-24-20-16-3)39-29-25-21-17-4/h30-35,40-42H,14-29,36-39H2,1-13H3. The summed E-state index contributed by atoms with van der Waals surface area (Å²) in [6, 6.07) is 18.9. The molecule has 0 bridgehead atoms. The molecule has 0 fully saturated rings.